The predicted molar refractivity (Wildman–Crippen MR) is 165 cm³/mol. The Labute approximate surface area is 263 Å². The quantitative estimate of drug-likeness (QED) is 0.0545. The standard InChI is InChI=1S/C30H32Cl2N6O6/c31-22-8-11-25(26(32)14-22)27-30(29(42)37-36-23(17-40)18-41,15-20-4-1-2-5-21(20)16-34-38-33)35-28(44-27)19-6-9-24(10-7-19)43-13-3-12-39/h1-2,4-11,14,23,27,36,39-41H,3,12-13,15-18H2,(H,37,42)/t27-,30-/m0/s1. The summed E-state index contributed by atoms with van der Waals surface area (Å²) in [4.78, 5) is 22.0. The van der Waals surface area contributed by atoms with Crippen LogP contribution in [-0.2, 0) is 22.5 Å². The van der Waals surface area contributed by atoms with Crippen LogP contribution in [-0.4, -0.2) is 65.1 Å². The summed E-state index contributed by atoms with van der Waals surface area (Å²) in [5.41, 5.74) is 14.9. The van der Waals surface area contributed by atoms with Crippen LogP contribution in [0.15, 0.2) is 76.8 Å². The van der Waals surface area contributed by atoms with E-state index in [4.69, 9.17) is 48.3 Å². The number of aliphatic imine (C=N–C) groups is 1. The molecule has 0 saturated carbocycles. The molecule has 0 radical (unpaired) electrons. The third-order valence-corrected chi connectivity index (χ3v) is 7.55. The number of halogens is 2. The Morgan fingerprint density at radius 3 is 2.48 bits per heavy atom. The first-order valence-electron chi connectivity index (χ1n) is 13.8. The highest BCUT2D eigenvalue weighted by Crippen LogP contribution is 2.45. The number of nitrogens with zero attached hydrogens (tertiary/aromatic N) is 4. The Hall–Kier alpha value is -3.87. The SMILES string of the molecule is [N-]=[N+]=NCc1ccccc1C[C@]1(C(=O)NNC(CO)CO)N=C(c2ccc(OCCCO)cc2)O[C@H]1c1ccc(Cl)cc1Cl. The van der Waals surface area contributed by atoms with Gasteiger partial charge < -0.3 is 24.8 Å². The molecule has 0 saturated heterocycles. The number of nitrogens with one attached hydrogen (secondary N) is 2. The topological polar surface area (TPSA) is 181 Å². The van der Waals surface area contributed by atoms with Crippen LogP contribution in [0.2, 0.25) is 10.0 Å². The van der Waals surface area contributed by atoms with Gasteiger partial charge >= 0.3 is 0 Å². The van der Waals surface area contributed by atoms with E-state index in [9.17, 15) is 15.0 Å². The van der Waals surface area contributed by atoms with Gasteiger partial charge in [0.05, 0.1) is 32.4 Å². The number of hydrogen-bond acceptors (Lipinski definition) is 9. The molecule has 1 aliphatic rings. The van der Waals surface area contributed by atoms with Crippen molar-refractivity contribution in [2.24, 2.45) is 10.1 Å². The van der Waals surface area contributed by atoms with Crippen molar-refractivity contribution in [3.63, 3.8) is 0 Å². The van der Waals surface area contributed by atoms with Crippen molar-refractivity contribution >= 4 is 35.0 Å². The third-order valence-electron chi connectivity index (χ3n) is 6.99. The molecule has 4 rings (SSSR count). The van der Waals surface area contributed by atoms with Gasteiger partial charge in [0.25, 0.3) is 5.91 Å². The molecule has 14 heteroatoms. The summed E-state index contributed by atoms with van der Waals surface area (Å²) in [6.07, 6.45) is -0.573. The molecular formula is C30H32Cl2N6O6. The molecule has 0 unspecified atom stereocenters. The normalized spacial score (nSPS) is 17.5. The maximum absolute atomic E-state index is 14.3. The molecule has 0 spiro atoms. The zero-order valence-corrected chi connectivity index (χ0v) is 25.1. The summed E-state index contributed by atoms with van der Waals surface area (Å²) < 4.78 is 12.1. The zero-order chi connectivity index (χ0) is 31.5. The lowest BCUT2D eigenvalue weighted by molar-refractivity contribution is -0.130. The van der Waals surface area contributed by atoms with Gasteiger partial charge in [0.2, 0.25) is 5.90 Å². The highest BCUT2D eigenvalue weighted by molar-refractivity contribution is 6.35. The van der Waals surface area contributed by atoms with Gasteiger partial charge in [-0.3, -0.25) is 10.2 Å². The molecule has 3 aromatic rings. The minimum atomic E-state index is -1.68. The first kappa shape index (κ1) is 33.0. The van der Waals surface area contributed by atoms with Crippen molar-refractivity contribution in [2.75, 3.05) is 26.4 Å². The summed E-state index contributed by atoms with van der Waals surface area (Å²) in [6, 6.07) is 18.1. The van der Waals surface area contributed by atoms with Crippen LogP contribution >= 0.6 is 23.2 Å². The van der Waals surface area contributed by atoms with Crippen LogP contribution in [0.1, 0.15) is 34.8 Å². The van der Waals surface area contributed by atoms with Gasteiger partial charge in [0.15, 0.2) is 11.6 Å². The number of rotatable bonds is 15. The smallest absolute Gasteiger partial charge is 0.266 e. The van der Waals surface area contributed by atoms with Gasteiger partial charge in [-0.25, -0.2) is 10.4 Å². The van der Waals surface area contributed by atoms with E-state index in [0.717, 1.165) is 0 Å². The van der Waals surface area contributed by atoms with Gasteiger partial charge in [0.1, 0.15) is 5.75 Å². The molecule has 0 bridgehead atoms. The molecule has 0 aromatic heterocycles. The molecular weight excluding hydrogens is 611 g/mol. The van der Waals surface area contributed by atoms with E-state index in [1.165, 1.54) is 0 Å². The number of amides is 1. The van der Waals surface area contributed by atoms with E-state index in [1.54, 1.807) is 60.7 Å². The Morgan fingerprint density at radius 1 is 1.09 bits per heavy atom. The molecule has 5 N–H and O–H groups in total. The zero-order valence-electron chi connectivity index (χ0n) is 23.6. The first-order valence-corrected chi connectivity index (χ1v) is 14.5. The average Bonchev–Trinajstić information content (AvgIpc) is 3.41. The Balaban J connectivity index is 1.84. The summed E-state index contributed by atoms with van der Waals surface area (Å²) in [5.74, 6) is 0.113. The van der Waals surface area contributed by atoms with Crippen molar-refractivity contribution in [3.05, 3.63) is 109 Å². The second kappa shape index (κ2) is 15.7. The lowest BCUT2D eigenvalue weighted by Crippen LogP contribution is -2.57. The molecule has 232 valence electrons. The minimum absolute atomic E-state index is 0.00394. The fourth-order valence-electron chi connectivity index (χ4n) is 4.68. The van der Waals surface area contributed by atoms with Gasteiger partial charge in [-0.2, -0.15) is 0 Å². The second-order valence-electron chi connectivity index (χ2n) is 9.95. The summed E-state index contributed by atoms with van der Waals surface area (Å²) in [7, 11) is 0. The van der Waals surface area contributed by atoms with E-state index in [2.05, 4.69) is 20.9 Å². The Kier molecular flexibility index (Phi) is 11.8. The molecule has 3 aromatic carbocycles. The maximum atomic E-state index is 14.3. The van der Waals surface area contributed by atoms with E-state index < -0.39 is 36.8 Å². The van der Waals surface area contributed by atoms with E-state index >= 15 is 0 Å². The second-order valence-corrected chi connectivity index (χ2v) is 10.8. The van der Waals surface area contributed by atoms with Crippen LogP contribution in [0.5, 0.6) is 5.75 Å². The number of carbonyl (C=O) groups is 1. The lowest BCUT2D eigenvalue weighted by atomic mass is 9.81. The van der Waals surface area contributed by atoms with Crippen molar-refractivity contribution < 1.29 is 29.6 Å². The van der Waals surface area contributed by atoms with E-state index in [1.807, 2.05) is 6.07 Å². The number of aliphatic hydroxyl groups excluding tert-OH is 3. The molecule has 1 aliphatic heterocycles. The Morgan fingerprint density at radius 2 is 1.82 bits per heavy atom. The molecule has 0 fully saturated rings. The summed E-state index contributed by atoms with van der Waals surface area (Å²) in [6.45, 7) is -0.481. The van der Waals surface area contributed by atoms with E-state index in [0.29, 0.717) is 46.1 Å². The van der Waals surface area contributed by atoms with Gasteiger partial charge in [-0.15, -0.1) is 0 Å². The number of benzene rings is 3. The third kappa shape index (κ3) is 7.79. The van der Waals surface area contributed by atoms with Gasteiger partial charge in [-0.05, 0) is 53.1 Å². The van der Waals surface area contributed by atoms with Crippen molar-refractivity contribution in [2.45, 2.75) is 37.1 Å². The number of carbonyl (C=O) groups excluding carboxylic acids is 1. The first-order chi connectivity index (χ1) is 21.3. The molecule has 2 atom stereocenters. The number of azide groups is 1. The monoisotopic (exact) mass is 642 g/mol. The molecule has 1 amide bonds. The van der Waals surface area contributed by atoms with Crippen LogP contribution < -0.4 is 15.6 Å². The van der Waals surface area contributed by atoms with Crippen LogP contribution in [0.3, 0.4) is 0 Å². The minimum Gasteiger partial charge on any atom is -0.494 e. The van der Waals surface area contributed by atoms with E-state index in [-0.39, 0.29) is 30.5 Å². The number of hydrazine groups is 1. The Bertz CT molecular complexity index is 1510. The fourth-order valence-corrected chi connectivity index (χ4v) is 5.19. The molecule has 1 heterocycles. The van der Waals surface area contributed by atoms with Crippen molar-refractivity contribution in [1.29, 1.82) is 0 Å². The predicted octanol–water partition coefficient (Wildman–Crippen LogP) is 4.04. The maximum Gasteiger partial charge on any atom is 0.266 e. The molecule has 44 heavy (non-hydrogen) atoms. The van der Waals surface area contributed by atoms with Crippen molar-refractivity contribution in [1.82, 2.24) is 10.9 Å². The molecule has 0 aliphatic carbocycles. The van der Waals surface area contributed by atoms with Crippen LogP contribution in [0, 0.1) is 0 Å². The van der Waals surface area contributed by atoms with Crippen LogP contribution in [0.25, 0.3) is 10.4 Å². The fraction of sp³-hybridized carbons (Fsp3) is 0.333. The lowest BCUT2D eigenvalue weighted by Gasteiger charge is -2.32. The largest absolute Gasteiger partial charge is 0.494 e. The number of hydrogen-bond donors (Lipinski definition) is 5. The van der Waals surface area contributed by atoms with Gasteiger partial charge in [0, 0.05) is 45.5 Å². The van der Waals surface area contributed by atoms with Gasteiger partial charge in [-0.1, -0.05) is 58.6 Å². The number of aliphatic hydroxyl groups is 3. The number of ether oxygens (including phenoxy) is 2. The highest BCUT2D eigenvalue weighted by atomic mass is 35.5. The summed E-state index contributed by atoms with van der Waals surface area (Å²) >= 11 is 12.9. The average molecular weight is 644 g/mol. The summed E-state index contributed by atoms with van der Waals surface area (Å²) in [5, 5.41) is 32.5. The highest BCUT2D eigenvalue weighted by Gasteiger charge is 2.54. The van der Waals surface area contributed by atoms with Crippen LogP contribution in [0.4, 0.5) is 0 Å². The van der Waals surface area contributed by atoms with Crippen molar-refractivity contribution in [3.8, 4) is 5.75 Å². The molecule has 12 nitrogen and oxygen atoms in total.